The Morgan fingerprint density at radius 2 is 2.25 bits per heavy atom. The van der Waals surface area contributed by atoms with Crippen molar-refractivity contribution in [2.75, 3.05) is 19.8 Å². The summed E-state index contributed by atoms with van der Waals surface area (Å²) in [6.45, 7) is 1.98. The molecule has 0 aromatic heterocycles. The smallest absolute Gasteiger partial charge is 0.157 e. The molecule has 1 unspecified atom stereocenters. The van der Waals surface area contributed by atoms with Crippen LogP contribution in [0.5, 0.6) is 5.75 Å². The van der Waals surface area contributed by atoms with E-state index < -0.39 is 0 Å². The van der Waals surface area contributed by atoms with Crippen molar-refractivity contribution >= 4 is 15.9 Å². The maximum absolute atomic E-state index is 8.93. The molecule has 1 aliphatic heterocycles. The summed E-state index contributed by atoms with van der Waals surface area (Å²) in [6, 6.07) is 7.52. The Morgan fingerprint density at radius 1 is 1.35 bits per heavy atom. The molecule has 0 spiro atoms. The van der Waals surface area contributed by atoms with Crippen LogP contribution in [0.2, 0.25) is 0 Å². The number of nitrogens with zero attached hydrogens (tertiary/aromatic N) is 1. The molecule has 0 N–H and O–H groups in total. The number of hydrogen-bond acceptors (Lipinski definition) is 4. The summed E-state index contributed by atoms with van der Waals surface area (Å²) in [5, 5.41) is 8.93. The van der Waals surface area contributed by atoms with Crippen LogP contribution in [-0.2, 0) is 9.47 Å². The van der Waals surface area contributed by atoms with E-state index in [1.165, 1.54) is 6.42 Å². The fourth-order valence-electron chi connectivity index (χ4n) is 2.01. The Bertz CT molecular complexity index is 467. The fourth-order valence-corrected chi connectivity index (χ4v) is 2.47. The van der Waals surface area contributed by atoms with Crippen LogP contribution in [0.25, 0.3) is 0 Å². The van der Waals surface area contributed by atoms with E-state index >= 15 is 0 Å². The summed E-state index contributed by atoms with van der Waals surface area (Å²) >= 11 is 3.37. The van der Waals surface area contributed by atoms with E-state index in [0.717, 1.165) is 25.9 Å². The lowest BCUT2D eigenvalue weighted by Gasteiger charge is -2.22. The lowest BCUT2D eigenvalue weighted by Crippen LogP contribution is -2.23. The lowest BCUT2D eigenvalue weighted by atomic mass is 10.2. The van der Waals surface area contributed by atoms with Gasteiger partial charge in [-0.3, -0.25) is 0 Å². The van der Waals surface area contributed by atoms with Crippen LogP contribution in [-0.4, -0.2) is 26.1 Å². The van der Waals surface area contributed by atoms with Gasteiger partial charge in [0.1, 0.15) is 11.8 Å². The molecule has 0 aliphatic carbocycles. The first-order valence-electron chi connectivity index (χ1n) is 6.86. The molecule has 0 radical (unpaired) electrons. The number of halogens is 1. The van der Waals surface area contributed by atoms with Crippen molar-refractivity contribution in [1.29, 1.82) is 5.26 Å². The van der Waals surface area contributed by atoms with Crippen LogP contribution < -0.4 is 4.74 Å². The number of rotatable bonds is 6. The van der Waals surface area contributed by atoms with E-state index in [-0.39, 0.29) is 6.29 Å². The van der Waals surface area contributed by atoms with E-state index in [4.69, 9.17) is 19.5 Å². The van der Waals surface area contributed by atoms with Gasteiger partial charge in [0.25, 0.3) is 0 Å². The van der Waals surface area contributed by atoms with Crippen LogP contribution in [0.15, 0.2) is 22.7 Å². The molecule has 20 heavy (non-hydrogen) atoms. The van der Waals surface area contributed by atoms with Gasteiger partial charge >= 0.3 is 0 Å². The van der Waals surface area contributed by atoms with Gasteiger partial charge < -0.3 is 14.2 Å². The Balaban J connectivity index is 1.67. The quantitative estimate of drug-likeness (QED) is 0.742. The summed E-state index contributed by atoms with van der Waals surface area (Å²) in [7, 11) is 0. The molecule has 0 bridgehead atoms. The molecule has 1 saturated heterocycles. The van der Waals surface area contributed by atoms with E-state index in [1.807, 2.05) is 12.1 Å². The second kappa shape index (κ2) is 8.25. The van der Waals surface area contributed by atoms with Crippen molar-refractivity contribution in [3.05, 3.63) is 28.2 Å². The van der Waals surface area contributed by atoms with Crippen molar-refractivity contribution in [2.24, 2.45) is 0 Å². The SMILES string of the molecule is N#Cc1cccc(OCCCOC2CCCCO2)c1Br. The zero-order valence-corrected chi connectivity index (χ0v) is 12.9. The molecule has 1 atom stereocenters. The summed E-state index contributed by atoms with van der Waals surface area (Å²) in [5.41, 5.74) is 0.578. The molecular weight excluding hydrogens is 322 g/mol. The Kier molecular flexibility index (Phi) is 6.31. The first kappa shape index (κ1) is 15.3. The predicted molar refractivity (Wildman–Crippen MR) is 78.5 cm³/mol. The zero-order chi connectivity index (χ0) is 14.2. The molecule has 1 aromatic rings. The third-order valence-electron chi connectivity index (χ3n) is 3.07. The highest BCUT2D eigenvalue weighted by atomic mass is 79.9. The van der Waals surface area contributed by atoms with Gasteiger partial charge in [-0.2, -0.15) is 5.26 Å². The molecule has 1 aliphatic rings. The second-order valence-electron chi connectivity index (χ2n) is 4.60. The third-order valence-corrected chi connectivity index (χ3v) is 3.89. The summed E-state index contributed by atoms with van der Waals surface area (Å²) in [5.74, 6) is 0.693. The van der Waals surface area contributed by atoms with Crippen molar-refractivity contribution in [1.82, 2.24) is 0 Å². The highest BCUT2D eigenvalue weighted by Crippen LogP contribution is 2.28. The highest BCUT2D eigenvalue weighted by molar-refractivity contribution is 9.10. The maximum atomic E-state index is 8.93. The highest BCUT2D eigenvalue weighted by Gasteiger charge is 2.13. The maximum Gasteiger partial charge on any atom is 0.157 e. The van der Waals surface area contributed by atoms with Gasteiger partial charge in [0, 0.05) is 13.0 Å². The van der Waals surface area contributed by atoms with E-state index in [2.05, 4.69) is 22.0 Å². The largest absolute Gasteiger partial charge is 0.492 e. The first-order chi connectivity index (χ1) is 9.81. The minimum Gasteiger partial charge on any atom is -0.492 e. The molecular formula is C15H18BrNO3. The normalized spacial score (nSPS) is 18.5. The molecule has 2 rings (SSSR count). The van der Waals surface area contributed by atoms with Gasteiger partial charge in [-0.05, 0) is 47.3 Å². The fraction of sp³-hybridized carbons (Fsp3) is 0.533. The molecule has 0 saturated carbocycles. The average Bonchev–Trinajstić information content (AvgIpc) is 2.49. The van der Waals surface area contributed by atoms with Crippen LogP contribution in [0.1, 0.15) is 31.2 Å². The topological polar surface area (TPSA) is 51.5 Å². The van der Waals surface area contributed by atoms with Gasteiger partial charge in [0.2, 0.25) is 0 Å². The minimum atomic E-state index is -0.0441. The molecule has 0 amide bonds. The van der Waals surface area contributed by atoms with Crippen LogP contribution in [0, 0.1) is 11.3 Å². The number of ether oxygens (including phenoxy) is 3. The predicted octanol–water partition coefficient (Wildman–Crippen LogP) is 3.63. The molecule has 1 heterocycles. The standard InChI is InChI=1S/C15H18BrNO3/c16-15-12(11-17)5-3-6-13(15)18-9-4-10-20-14-7-1-2-8-19-14/h3,5-6,14H,1-2,4,7-10H2. The zero-order valence-electron chi connectivity index (χ0n) is 11.3. The van der Waals surface area contributed by atoms with Gasteiger partial charge in [0.05, 0.1) is 23.2 Å². The first-order valence-corrected chi connectivity index (χ1v) is 7.65. The van der Waals surface area contributed by atoms with E-state index in [9.17, 15) is 0 Å². The number of hydrogen-bond donors (Lipinski definition) is 0. The minimum absolute atomic E-state index is 0.0441. The second-order valence-corrected chi connectivity index (χ2v) is 5.39. The Hall–Kier alpha value is -1.09. The van der Waals surface area contributed by atoms with Crippen LogP contribution in [0.3, 0.4) is 0 Å². The van der Waals surface area contributed by atoms with Crippen molar-refractivity contribution in [3.63, 3.8) is 0 Å². The number of nitriles is 1. The lowest BCUT2D eigenvalue weighted by molar-refractivity contribution is -0.163. The van der Waals surface area contributed by atoms with E-state index in [0.29, 0.717) is 29.0 Å². The third kappa shape index (κ3) is 4.48. The van der Waals surface area contributed by atoms with Gasteiger partial charge in [-0.15, -0.1) is 0 Å². The Morgan fingerprint density at radius 3 is 3.00 bits per heavy atom. The molecule has 1 fully saturated rings. The molecule has 108 valence electrons. The monoisotopic (exact) mass is 339 g/mol. The van der Waals surface area contributed by atoms with E-state index in [1.54, 1.807) is 6.07 Å². The summed E-state index contributed by atoms with van der Waals surface area (Å²) < 4.78 is 17.5. The van der Waals surface area contributed by atoms with Gasteiger partial charge in [-0.1, -0.05) is 6.07 Å². The molecule has 4 nitrogen and oxygen atoms in total. The van der Waals surface area contributed by atoms with Crippen molar-refractivity contribution in [2.45, 2.75) is 32.0 Å². The molecule has 5 heteroatoms. The Labute approximate surface area is 127 Å². The average molecular weight is 340 g/mol. The molecule has 1 aromatic carbocycles. The van der Waals surface area contributed by atoms with Gasteiger partial charge in [0.15, 0.2) is 6.29 Å². The summed E-state index contributed by atoms with van der Waals surface area (Å²) in [6.07, 6.45) is 4.04. The summed E-state index contributed by atoms with van der Waals surface area (Å²) in [4.78, 5) is 0. The van der Waals surface area contributed by atoms with Crippen molar-refractivity contribution < 1.29 is 14.2 Å². The van der Waals surface area contributed by atoms with Crippen LogP contribution in [0.4, 0.5) is 0 Å². The van der Waals surface area contributed by atoms with Gasteiger partial charge in [-0.25, -0.2) is 0 Å². The van der Waals surface area contributed by atoms with Crippen molar-refractivity contribution in [3.8, 4) is 11.8 Å². The van der Waals surface area contributed by atoms with Crippen LogP contribution >= 0.6 is 15.9 Å². The number of benzene rings is 1.